The summed E-state index contributed by atoms with van der Waals surface area (Å²) >= 11 is 0. The van der Waals surface area contributed by atoms with E-state index in [4.69, 9.17) is 5.26 Å². The lowest BCUT2D eigenvalue weighted by atomic mass is 10.1. The third-order valence-electron chi connectivity index (χ3n) is 3.49. The molecule has 1 N–H and O–H groups in total. The first-order valence-electron chi connectivity index (χ1n) is 6.09. The van der Waals surface area contributed by atoms with E-state index in [0.717, 1.165) is 16.9 Å². The van der Waals surface area contributed by atoms with E-state index in [9.17, 15) is 4.39 Å². The molecule has 3 nitrogen and oxygen atoms in total. The standard InChI is InChI=1S/C15H16FN3/c1-10-14(16)5-4-6-15(10)18-9-12-7-13(8-17)19(3)11(12)2/h4-7,18H,9H2,1-3H3. The zero-order valence-corrected chi connectivity index (χ0v) is 11.3. The van der Waals surface area contributed by atoms with Crippen LogP contribution in [0.25, 0.3) is 0 Å². The summed E-state index contributed by atoms with van der Waals surface area (Å²) in [5, 5.41) is 12.2. The number of nitrogens with one attached hydrogen (secondary N) is 1. The second-order valence-corrected chi connectivity index (χ2v) is 4.58. The van der Waals surface area contributed by atoms with E-state index >= 15 is 0 Å². The van der Waals surface area contributed by atoms with Gasteiger partial charge in [-0.05, 0) is 37.6 Å². The molecule has 0 atom stereocenters. The molecule has 0 bridgehead atoms. The minimum atomic E-state index is -0.215. The molecule has 0 saturated carbocycles. The number of nitrogens with zero attached hydrogens (tertiary/aromatic N) is 2. The van der Waals surface area contributed by atoms with Gasteiger partial charge in [0.2, 0.25) is 0 Å². The molecule has 0 aliphatic rings. The van der Waals surface area contributed by atoms with Gasteiger partial charge in [-0.15, -0.1) is 0 Å². The zero-order chi connectivity index (χ0) is 14.0. The number of hydrogen-bond acceptors (Lipinski definition) is 2. The van der Waals surface area contributed by atoms with Crippen LogP contribution in [0.15, 0.2) is 24.3 Å². The summed E-state index contributed by atoms with van der Waals surface area (Å²) in [4.78, 5) is 0. The van der Waals surface area contributed by atoms with Crippen molar-refractivity contribution < 1.29 is 4.39 Å². The predicted octanol–water partition coefficient (Wildman–Crippen LogP) is 3.26. The zero-order valence-electron chi connectivity index (χ0n) is 11.3. The normalized spacial score (nSPS) is 10.3. The molecule has 0 amide bonds. The summed E-state index contributed by atoms with van der Waals surface area (Å²) in [6.07, 6.45) is 0. The van der Waals surface area contributed by atoms with Gasteiger partial charge in [-0.25, -0.2) is 4.39 Å². The van der Waals surface area contributed by atoms with Crippen molar-refractivity contribution in [2.45, 2.75) is 20.4 Å². The lowest BCUT2D eigenvalue weighted by Gasteiger charge is -2.10. The Morgan fingerprint density at radius 1 is 1.37 bits per heavy atom. The molecule has 98 valence electrons. The molecule has 0 saturated heterocycles. The fraction of sp³-hybridized carbons (Fsp3) is 0.267. The highest BCUT2D eigenvalue weighted by Gasteiger charge is 2.09. The molecule has 0 spiro atoms. The average Bonchev–Trinajstić information content (AvgIpc) is 2.68. The van der Waals surface area contributed by atoms with Crippen LogP contribution >= 0.6 is 0 Å². The van der Waals surface area contributed by atoms with Gasteiger partial charge in [0.25, 0.3) is 0 Å². The van der Waals surface area contributed by atoms with Gasteiger partial charge in [-0.3, -0.25) is 0 Å². The van der Waals surface area contributed by atoms with Crippen molar-refractivity contribution in [2.24, 2.45) is 7.05 Å². The molecule has 4 heteroatoms. The van der Waals surface area contributed by atoms with Gasteiger partial charge >= 0.3 is 0 Å². The summed E-state index contributed by atoms with van der Waals surface area (Å²) in [6, 6.07) is 8.99. The number of rotatable bonds is 3. The summed E-state index contributed by atoms with van der Waals surface area (Å²) in [5.41, 5.74) is 4.10. The van der Waals surface area contributed by atoms with Crippen molar-refractivity contribution in [1.82, 2.24) is 4.57 Å². The Kier molecular flexibility index (Phi) is 3.57. The number of hydrogen-bond donors (Lipinski definition) is 1. The summed E-state index contributed by atoms with van der Waals surface area (Å²) in [5.74, 6) is -0.215. The van der Waals surface area contributed by atoms with Crippen molar-refractivity contribution in [3.05, 3.63) is 52.6 Å². The molecule has 1 aromatic heterocycles. The summed E-state index contributed by atoms with van der Waals surface area (Å²) in [7, 11) is 1.87. The van der Waals surface area contributed by atoms with E-state index in [2.05, 4.69) is 11.4 Å². The second kappa shape index (κ2) is 5.15. The van der Waals surface area contributed by atoms with Crippen LogP contribution < -0.4 is 5.32 Å². The smallest absolute Gasteiger partial charge is 0.128 e. The maximum absolute atomic E-state index is 13.4. The largest absolute Gasteiger partial charge is 0.381 e. The van der Waals surface area contributed by atoms with Crippen LogP contribution in [0, 0.1) is 31.0 Å². The SMILES string of the molecule is Cc1c(F)cccc1NCc1cc(C#N)n(C)c1C. The Balaban J connectivity index is 2.20. The van der Waals surface area contributed by atoms with E-state index in [1.54, 1.807) is 13.0 Å². The molecule has 0 radical (unpaired) electrons. The van der Waals surface area contributed by atoms with Gasteiger partial charge in [0.1, 0.15) is 17.6 Å². The number of nitriles is 1. The van der Waals surface area contributed by atoms with E-state index in [1.165, 1.54) is 6.07 Å². The highest BCUT2D eigenvalue weighted by atomic mass is 19.1. The Morgan fingerprint density at radius 2 is 2.11 bits per heavy atom. The number of anilines is 1. The van der Waals surface area contributed by atoms with Crippen LogP contribution in [0.2, 0.25) is 0 Å². The fourth-order valence-corrected chi connectivity index (χ4v) is 2.04. The summed E-state index contributed by atoms with van der Waals surface area (Å²) in [6.45, 7) is 4.29. The maximum Gasteiger partial charge on any atom is 0.128 e. The quantitative estimate of drug-likeness (QED) is 0.916. The average molecular weight is 257 g/mol. The third-order valence-corrected chi connectivity index (χ3v) is 3.49. The van der Waals surface area contributed by atoms with Gasteiger partial charge in [0.05, 0.1) is 0 Å². The van der Waals surface area contributed by atoms with Crippen LogP contribution in [-0.2, 0) is 13.6 Å². The first-order chi connectivity index (χ1) is 9.04. The highest BCUT2D eigenvalue weighted by molar-refractivity contribution is 5.51. The summed E-state index contributed by atoms with van der Waals surface area (Å²) < 4.78 is 15.3. The lowest BCUT2D eigenvalue weighted by Crippen LogP contribution is -2.03. The second-order valence-electron chi connectivity index (χ2n) is 4.58. The molecule has 0 fully saturated rings. The Hall–Kier alpha value is -2.28. The monoisotopic (exact) mass is 257 g/mol. The molecule has 2 rings (SSSR count). The van der Waals surface area contributed by atoms with Gasteiger partial charge in [0, 0.05) is 30.5 Å². The third kappa shape index (κ3) is 2.45. The first kappa shape index (κ1) is 13.2. The molecule has 1 aromatic carbocycles. The van der Waals surface area contributed by atoms with E-state index in [-0.39, 0.29) is 5.82 Å². The molecule has 19 heavy (non-hydrogen) atoms. The Bertz CT molecular complexity index is 650. The molecular weight excluding hydrogens is 241 g/mol. The fourth-order valence-electron chi connectivity index (χ4n) is 2.04. The molecule has 0 aliphatic heterocycles. The van der Waals surface area contributed by atoms with Crippen LogP contribution in [-0.4, -0.2) is 4.57 Å². The number of aromatic nitrogens is 1. The maximum atomic E-state index is 13.4. The van der Waals surface area contributed by atoms with Gasteiger partial charge in [0.15, 0.2) is 0 Å². The lowest BCUT2D eigenvalue weighted by molar-refractivity contribution is 0.619. The number of benzene rings is 1. The topological polar surface area (TPSA) is 40.8 Å². The Labute approximate surface area is 112 Å². The van der Waals surface area contributed by atoms with Crippen molar-refractivity contribution in [3.8, 4) is 6.07 Å². The van der Waals surface area contributed by atoms with Crippen molar-refractivity contribution in [2.75, 3.05) is 5.32 Å². The van der Waals surface area contributed by atoms with Crippen LogP contribution in [0.1, 0.15) is 22.5 Å². The molecule has 1 heterocycles. The van der Waals surface area contributed by atoms with E-state index in [0.29, 0.717) is 17.8 Å². The number of halogens is 1. The van der Waals surface area contributed by atoms with Crippen molar-refractivity contribution >= 4 is 5.69 Å². The minimum absolute atomic E-state index is 0.215. The van der Waals surface area contributed by atoms with Crippen LogP contribution in [0.5, 0.6) is 0 Å². The minimum Gasteiger partial charge on any atom is -0.381 e. The van der Waals surface area contributed by atoms with Crippen LogP contribution in [0.3, 0.4) is 0 Å². The highest BCUT2D eigenvalue weighted by Crippen LogP contribution is 2.20. The predicted molar refractivity (Wildman–Crippen MR) is 73.3 cm³/mol. The van der Waals surface area contributed by atoms with Gasteiger partial charge in [-0.2, -0.15) is 5.26 Å². The van der Waals surface area contributed by atoms with Gasteiger partial charge < -0.3 is 9.88 Å². The van der Waals surface area contributed by atoms with Gasteiger partial charge in [-0.1, -0.05) is 6.07 Å². The van der Waals surface area contributed by atoms with Crippen LogP contribution in [0.4, 0.5) is 10.1 Å². The molecule has 0 unspecified atom stereocenters. The molecular formula is C15H16FN3. The van der Waals surface area contributed by atoms with E-state index in [1.807, 2.05) is 30.7 Å². The Morgan fingerprint density at radius 3 is 2.74 bits per heavy atom. The van der Waals surface area contributed by atoms with Crippen molar-refractivity contribution in [3.63, 3.8) is 0 Å². The molecule has 2 aromatic rings. The first-order valence-corrected chi connectivity index (χ1v) is 6.09. The molecule has 0 aliphatic carbocycles. The van der Waals surface area contributed by atoms with Crippen molar-refractivity contribution in [1.29, 1.82) is 5.26 Å². The van der Waals surface area contributed by atoms with E-state index < -0.39 is 0 Å².